The zero-order valence-corrected chi connectivity index (χ0v) is 11.3. The summed E-state index contributed by atoms with van der Waals surface area (Å²) in [6, 6.07) is 0. The smallest absolute Gasteiger partial charge is 0.238 e. The fourth-order valence-electron chi connectivity index (χ4n) is 1.97. The lowest BCUT2D eigenvalue weighted by Crippen LogP contribution is -2.59. The van der Waals surface area contributed by atoms with E-state index in [4.69, 9.17) is 5.73 Å². The molecule has 7 heteroatoms. The van der Waals surface area contributed by atoms with Gasteiger partial charge in [0.15, 0.2) is 4.34 Å². The van der Waals surface area contributed by atoms with Gasteiger partial charge < -0.3 is 11.1 Å². The lowest BCUT2D eigenvalue weighted by Gasteiger charge is -2.31. The van der Waals surface area contributed by atoms with Crippen LogP contribution in [0.1, 0.15) is 19.8 Å². The van der Waals surface area contributed by atoms with Gasteiger partial charge in [-0.15, -0.1) is 0 Å². The molecule has 0 spiro atoms. The summed E-state index contributed by atoms with van der Waals surface area (Å²) in [4.78, 5) is 15.9. The number of rotatable bonds is 7. The summed E-state index contributed by atoms with van der Waals surface area (Å²) in [6.07, 6.45) is 3.68. The number of nitrogens with one attached hydrogen (secondary N) is 1. The lowest BCUT2D eigenvalue weighted by atomic mass is 9.94. The number of likely N-dealkylation sites (N-methyl/N-ethyl adjacent to an activating group) is 1. The first-order chi connectivity index (χ1) is 8.19. The Bertz CT molecular complexity index is 380. The average molecular weight is 272 g/mol. The minimum Gasteiger partial charge on any atom is -0.368 e. The Morgan fingerprint density at radius 1 is 1.76 bits per heavy atom. The fourth-order valence-corrected chi connectivity index (χ4v) is 3.71. The number of hydrogen-bond acceptors (Lipinski definition) is 6. The van der Waals surface area contributed by atoms with Crippen LogP contribution in [0.2, 0.25) is 0 Å². The predicted octanol–water partition coefficient (Wildman–Crippen LogP) is 0.874. The van der Waals surface area contributed by atoms with Crippen LogP contribution in [0.3, 0.4) is 0 Å². The zero-order valence-electron chi connectivity index (χ0n) is 9.68. The molecule has 2 rings (SSSR count). The Morgan fingerprint density at radius 2 is 2.53 bits per heavy atom. The van der Waals surface area contributed by atoms with E-state index >= 15 is 0 Å². The number of thioether (sulfide) groups is 1. The lowest BCUT2D eigenvalue weighted by molar-refractivity contribution is -0.124. The SMILES string of the molecule is CCNC(CSc1ncns1)(C(N)=O)C1CC1. The molecule has 3 N–H and O–H groups in total. The van der Waals surface area contributed by atoms with Crippen LogP contribution in [0.5, 0.6) is 0 Å². The van der Waals surface area contributed by atoms with Crippen LogP contribution in [0.15, 0.2) is 10.7 Å². The summed E-state index contributed by atoms with van der Waals surface area (Å²) in [6.45, 7) is 2.74. The van der Waals surface area contributed by atoms with Gasteiger partial charge in [0, 0.05) is 5.75 Å². The van der Waals surface area contributed by atoms with Crippen molar-refractivity contribution in [2.24, 2.45) is 11.7 Å². The Kier molecular flexibility index (Phi) is 4.01. The van der Waals surface area contributed by atoms with E-state index in [-0.39, 0.29) is 5.91 Å². The molecule has 17 heavy (non-hydrogen) atoms. The third kappa shape index (κ3) is 2.78. The van der Waals surface area contributed by atoms with E-state index < -0.39 is 5.54 Å². The van der Waals surface area contributed by atoms with Crippen LogP contribution in [0.25, 0.3) is 0 Å². The third-order valence-corrected chi connectivity index (χ3v) is 4.96. The highest BCUT2D eigenvalue weighted by Gasteiger charge is 2.49. The second-order valence-electron chi connectivity index (χ2n) is 4.14. The monoisotopic (exact) mass is 272 g/mol. The molecule has 1 saturated carbocycles. The average Bonchev–Trinajstić information content (AvgIpc) is 3.02. The van der Waals surface area contributed by atoms with Crippen LogP contribution < -0.4 is 11.1 Å². The molecule has 1 aliphatic rings. The molecule has 1 heterocycles. The molecule has 94 valence electrons. The second kappa shape index (κ2) is 5.32. The van der Waals surface area contributed by atoms with Gasteiger partial charge in [0.1, 0.15) is 11.9 Å². The first kappa shape index (κ1) is 12.8. The second-order valence-corrected chi connectivity index (χ2v) is 6.14. The minimum absolute atomic E-state index is 0.251. The van der Waals surface area contributed by atoms with Crippen molar-refractivity contribution >= 4 is 29.2 Å². The summed E-state index contributed by atoms with van der Waals surface area (Å²) >= 11 is 2.90. The highest BCUT2D eigenvalue weighted by atomic mass is 32.2. The number of aromatic nitrogens is 2. The van der Waals surface area contributed by atoms with E-state index in [1.807, 2.05) is 6.92 Å². The Labute approximate surface area is 109 Å². The number of primary amides is 1. The van der Waals surface area contributed by atoms with E-state index in [0.717, 1.165) is 23.7 Å². The summed E-state index contributed by atoms with van der Waals surface area (Å²) < 4.78 is 4.83. The van der Waals surface area contributed by atoms with Crippen molar-refractivity contribution in [3.8, 4) is 0 Å². The predicted molar refractivity (Wildman–Crippen MR) is 69.0 cm³/mol. The highest BCUT2D eigenvalue weighted by Crippen LogP contribution is 2.42. The molecule has 1 fully saturated rings. The molecule has 0 radical (unpaired) electrons. The quantitative estimate of drug-likeness (QED) is 0.720. The van der Waals surface area contributed by atoms with Gasteiger partial charge in [-0.05, 0) is 36.8 Å². The third-order valence-electron chi connectivity index (χ3n) is 2.97. The molecular formula is C10H16N4OS2. The number of amides is 1. The number of carbonyl (C=O) groups is 1. The summed E-state index contributed by atoms with van der Waals surface area (Å²) in [5.41, 5.74) is 5.01. The van der Waals surface area contributed by atoms with Gasteiger partial charge >= 0.3 is 0 Å². The molecule has 1 aliphatic carbocycles. The molecule has 1 amide bonds. The van der Waals surface area contributed by atoms with Crippen molar-refractivity contribution in [2.75, 3.05) is 12.3 Å². The Hall–Kier alpha value is -0.660. The molecular weight excluding hydrogens is 256 g/mol. The normalized spacial score (nSPS) is 18.9. The summed E-state index contributed by atoms with van der Waals surface area (Å²) in [5.74, 6) is 0.759. The van der Waals surface area contributed by atoms with Crippen LogP contribution >= 0.6 is 23.3 Å². The van der Waals surface area contributed by atoms with E-state index in [1.54, 1.807) is 11.8 Å². The van der Waals surface area contributed by atoms with Crippen molar-refractivity contribution in [3.63, 3.8) is 0 Å². The van der Waals surface area contributed by atoms with E-state index in [2.05, 4.69) is 14.7 Å². The molecule has 1 aromatic rings. The largest absolute Gasteiger partial charge is 0.368 e. The van der Waals surface area contributed by atoms with Crippen molar-refractivity contribution < 1.29 is 4.79 Å². The molecule has 0 aliphatic heterocycles. The zero-order chi connectivity index (χ0) is 12.3. The number of nitrogens with zero attached hydrogens (tertiary/aromatic N) is 2. The molecule has 0 aromatic carbocycles. The van der Waals surface area contributed by atoms with Crippen molar-refractivity contribution in [1.29, 1.82) is 0 Å². The topological polar surface area (TPSA) is 80.9 Å². The van der Waals surface area contributed by atoms with E-state index in [9.17, 15) is 4.79 Å². The highest BCUT2D eigenvalue weighted by molar-refractivity contribution is 8.01. The first-order valence-corrected chi connectivity index (χ1v) is 7.39. The molecule has 1 atom stereocenters. The van der Waals surface area contributed by atoms with Gasteiger partial charge in [-0.1, -0.05) is 18.7 Å². The van der Waals surface area contributed by atoms with Gasteiger partial charge in [0.25, 0.3) is 0 Å². The van der Waals surface area contributed by atoms with Crippen LogP contribution in [0, 0.1) is 5.92 Å². The number of nitrogens with two attached hydrogens (primary N) is 1. The minimum atomic E-state index is -0.578. The number of hydrogen-bond donors (Lipinski definition) is 2. The van der Waals surface area contributed by atoms with Gasteiger partial charge in [-0.3, -0.25) is 4.79 Å². The van der Waals surface area contributed by atoms with Gasteiger partial charge in [-0.2, -0.15) is 4.37 Å². The van der Waals surface area contributed by atoms with Crippen molar-refractivity contribution in [3.05, 3.63) is 6.33 Å². The van der Waals surface area contributed by atoms with Gasteiger partial charge in [0.2, 0.25) is 5.91 Å². The number of carbonyl (C=O) groups excluding carboxylic acids is 1. The van der Waals surface area contributed by atoms with E-state index in [0.29, 0.717) is 11.7 Å². The van der Waals surface area contributed by atoms with Gasteiger partial charge in [-0.25, -0.2) is 4.98 Å². The van der Waals surface area contributed by atoms with Crippen LogP contribution in [-0.4, -0.2) is 33.1 Å². The maximum absolute atomic E-state index is 11.8. The molecule has 0 saturated heterocycles. The van der Waals surface area contributed by atoms with Crippen LogP contribution in [0.4, 0.5) is 0 Å². The van der Waals surface area contributed by atoms with E-state index in [1.165, 1.54) is 17.9 Å². The maximum Gasteiger partial charge on any atom is 0.238 e. The van der Waals surface area contributed by atoms with Gasteiger partial charge in [0.05, 0.1) is 0 Å². The van der Waals surface area contributed by atoms with Crippen molar-refractivity contribution in [2.45, 2.75) is 29.6 Å². The van der Waals surface area contributed by atoms with Crippen molar-refractivity contribution in [1.82, 2.24) is 14.7 Å². The molecule has 1 aromatic heterocycles. The Morgan fingerprint density at radius 3 is 3.00 bits per heavy atom. The maximum atomic E-state index is 11.8. The molecule has 1 unspecified atom stereocenters. The summed E-state index contributed by atoms with van der Waals surface area (Å²) in [7, 11) is 0. The first-order valence-electron chi connectivity index (χ1n) is 5.63. The summed E-state index contributed by atoms with van der Waals surface area (Å²) in [5, 5.41) is 3.28. The standard InChI is InChI=1S/C10H16N4OS2/c1-2-13-10(8(11)15,7-3-4-7)5-16-9-12-6-14-17-9/h6-7,13H,2-5H2,1H3,(H2,11,15). The Balaban J connectivity index is 2.06. The molecule has 5 nitrogen and oxygen atoms in total. The van der Waals surface area contributed by atoms with Crippen LogP contribution in [-0.2, 0) is 4.79 Å². The molecule has 0 bridgehead atoms. The fraction of sp³-hybridized carbons (Fsp3) is 0.700.